The van der Waals surface area contributed by atoms with Gasteiger partial charge in [0.25, 0.3) is 10.0 Å². The monoisotopic (exact) mass is 382 g/mol. The fourth-order valence-corrected chi connectivity index (χ4v) is 4.38. The minimum Gasteiger partial charge on any atom is -0.481 e. The van der Waals surface area contributed by atoms with Crippen molar-refractivity contribution >= 4 is 33.2 Å². The Morgan fingerprint density at radius 1 is 1.16 bits per heavy atom. The molecule has 0 aliphatic rings. The third-order valence-corrected chi connectivity index (χ3v) is 6.32. The summed E-state index contributed by atoms with van der Waals surface area (Å²) >= 11 is 1.04. The molecule has 3 N–H and O–H groups in total. The maximum absolute atomic E-state index is 12.3. The zero-order valence-electron chi connectivity index (χ0n) is 13.4. The van der Waals surface area contributed by atoms with Crippen molar-refractivity contribution in [2.24, 2.45) is 0 Å². The number of rotatable bonds is 8. The molecule has 25 heavy (non-hydrogen) atoms. The van der Waals surface area contributed by atoms with Crippen molar-refractivity contribution in [3.8, 4) is 0 Å². The normalized spacial score (nSPS) is 13.8. The highest BCUT2D eigenvalue weighted by Gasteiger charge is 2.25. The Bertz CT molecular complexity index is 819. The SMILES string of the molecule is CC(NS(=O)(=O)c1cccs1)C(=O)NC(CC(=O)O)c1ccccc1. The summed E-state index contributed by atoms with van der Waals surface area (Å²) in [6.07, 6.45) is -0.305. The number of nitrogens with one attached hydrogen (secondary N) is 2. The van der Waals surface area contributed by atoms with Crippen LogP contribution in [0.2, 0.25) is 0 Å². The van der Waals surface area contributed by atoms with E-state index >= 15 is 0 Å². The van der Waals surface area contributed by atoms with Crippen LogP contribution in [0.1, 0.15) is 24.9 Å². The molecular formula is C16H18N2O5S2. The minimum atomic E-state index is -3.79. The van der Waals surface area contributed by atoms with E-state index in [9.17, 15) is 18.0 Å². The second-order valence-electron chi connectivity index (χ2n) is 5.34. The summed E-state index contributed by atoms with van der Waals surface area (Å²) in [5.74, 6) is -1.67. The van der Waals surface area contributed by atoms with Crippen molar-refractivity contribution in [1.29, 1.82) is 0 Å². The van der Waals surface area contributed by atoms with Crippen LogP contribution in [-0.4, -0.2) is 31.4 Å². The average Bonchev–Trinajstić information content (AvgIpc) is 3.09. The predicted octanol–water partition coefficient (Wildman–Crippen LogP) is 1.75. The van der Waals surface area contributed by atoms with E-state index in [0.717, 1.165) is 11.3 Å². The summed E-state index contributed by atoms with van der Waals surface area (Å²) in [7, 11) is -3.79. The first-order valence-corrected chi connectivity index (χ1v) is 9.79. The molecule has 2 rings (SSSR count). The highest BCUT2D eigenvalue weighted by molar-refractivity contribution is 7.91. The molecule has 1 amide bonds. The van der Waals surface area contributed by atoms with Crippen LogP contribution < -0.4 is 10.0 Å². The van der Waals surface area contributed by atoms with E-state index in [-0.39, 0.29) is 10.6 Å². The van der Waals surface area contributed by atoms with Gasteiger partial charge in [-0.15, -0.1) is 11.3 Å². The Labute approximate surface area is 149 Å². The molecular weight excluding hydrogens is 364 g/mol. The van der Waals surface area contributed by atoms with Crippen molar-refractivity contribution in [1.82, 2.24) is 10.0 Å². The number of hydrogen-bond donors (Lipinski definition) is 3. The summed E-state index contributed by atoms with van der Waals surface area (Å²) in [5, 5.41) is 13.3. The summed E-state index contributed by atoms with van der Waals surface area (Å²) in [6.45, 7) is 1.41. The molecule has 1 heterocycles. The van der Waals surface area contributed by atoms with Gasteiger partial charge in [-0.05, 0) is 23.9 Å². The molecule has 7 nitrogen and oxygen atoms in total. The highest BCUT2D eigenvalue weighted by atomic mass is 32.2. The van der Waals surface area contributed by atoms with Crippen molar-refractivity contribution in [3.05, 3.63) is 53.4 Å². The predicted molar refractivity (Wildman–Crippen MR) is 93.7 cm³/mol. The minimum absolute atomic E-state index is 0.109. The molecule has 2 aromatic rings. The van der Waals surface area contributed by atoms with Gasteiger partial charge in [0, 0.05) is 0 Å². The van der Waals surface area contributed by atoms with Gasteiger partial charge in [-0.3, -0.25) is 9.59 Å². The number of benzene rings is 1. The molecule has 2 atom stereocenters. The number of carbonyl (C=O) groups excluding carboxylic acids is 1. The van der Waals surface area contributed by atoms with Crippen LogP contribution in [0.15, 0.2) is 52.1 Å². The molecule has 1 aromatic heterocycles. The Kier molecular flexibility index (Phi) is 6.29. The van der Waals surface area contributed by atoms with E-state index in [1.807, 2.05) is 0 Å². The maximum atomic E-state index is 12.3. The number of carboxylic acid groups (broad SMARTS) is 1. The van der Waals surface area contributed by atoms with Crippen molar-refractivity contribution in [3.63, 3.8) is 0 Å². The fourth-order valence-electron chi connectivity index (χ4n) is 2.17. The Morgan fingerprint density at radius 2 is 1.84 bits per heavy atom. The van der Waals surface area contributed by atoms with E-state index in [2.05, 4.69) is 10.0 Å². The molecule has 0 saturated carbocycles. The first-order valence-electron chi connectivity index (χ1n) is 7.42. The van der Waals surface area contributed by atoms with E-state index in [4.69, 9.17) is 5.11 Å². The smallest absolute Gasteiger partial charge is 0.305 e. The van der Waals surface area contributed by atoms with Crippen molar-refractivity contribution in [2.75, 3.05) is 0 Å². The van der Waals surface area contributed by atoms with E-state index < -0.39 is 34.0 Å². The van der Waals surface area contributed by atoms with Crippen molar-refractivity contribution in [2.45, 2.75) is 29.6 Å². The van der Waals surface area contributed by atoms with Crippen LogP contribution in [0, 0.1) is 0 Å². The van der Waals surface area contributed by atoms with Gasteiger partial charge in [0.05, 0.1) is 18.5 Å². The largest absolute Gasteiger partial charge is 0.481 e. The lowest BCUT2D eigenvalue weighted by atomic mass is 10.0. The molecule has 0 radical (unpaired) electrons. The van der Waals surface area contributed by atoms with Gasteiger partial charge in [0.1, 0.15) is 4.21 Å². The lowest BCUT2D eigenvalue weighted by molar-refractivity contribution is -0.137. The Hall–Kier alpha value is -2.23. The van der Waals surface area contributed by atoms with Gasteiger partial charge in [-0.2, -0.15) is 4.72 Å². The number of amides is 1. The number of thiophene rings is 1. The lowest BCUT2D eigenvalue weighted by Crippen LogP contribution is -2.46. The molecule has 9 heteroatoms. The first kappa shape index (κ1) is 19.1. The quantitative estimate of drug-likeness (QED) is 0.644. The number of carboxylic acids is 1. The zero-order chi connectivity index (χ0) is 18.4. The van der Waals surface area contributed by atoms with E-state index in [1.165, 1.54) is 13.0 Å². The maximum Gasteiger partial charge on any atom is 0.305 e. The topological polar surface area (TPSA) is 113 Å². The van der Waals surface area contributed by atoms with Gasteiger partial charge in [0.2, 0.25) is 5.91 Å². The second-order valence-corrected chi connectivity index (χ2v) is 8.23. The number of aliphatic carboxylic acids is 1. The molecule has 2 unspecified atom stereocenters. The van der Waals surface area contributed by atoms with Crippen molar-refractivity contribution < 1.29 is 23.1 Å². The van der Waals surface area contributed by atoms with Gasteiger partial charge in [-0.25, -0.2) is 8.42 Å². The van der Waals surface area contributed by atoms with Crippen LogP contribution in [0.4, 0.5) is 0 Å². The summed E-state index contributed by atoms with van der Waals surface area (Å²) in [4.78, 5) is 23.4. The van der Waals surface area contributed by atoms with Crippen LogP contribution in [0.3, 0.4) is 0 Å². The zero-order valence-corrected chi connectivity index (χ0v) is 15.0. The standard InChI is InChI=1S/C16H18N2O5S2/c1-11(18-25(22,23)15-8-5-9-24-15)16(21)17-13(10-14(19)20)12-6-3-2-4-7-12/h2-9,11,13,18H,10H2,1H3,(H,17,21)(H,19,20). The molecule has 0 spiro atoms. The average molecular weight is 382 g/mol. The summed E-state index contributed by atoms with van der Waals surface area (Å²) in [6, 6.07) is 9.89. The molecule has 1 aromatic carbocycles. The fraction of sp³-hybridized carbons (Fsp3) is 0.250. The third-order valence-electron chi connectivity index (χ3n) is 3.38. The third kappa shape index (κ3) is 5.38. The molecule has 0 bridgehead atoms. The first-order chi connectivity index (χ1) is 11.8. The van der Waals surface area contributed by atoms with Crippen LogP contribution in [0.5, 0.6) is 0 Å². The van der Waals surface area contributed by atoms with Crippen LogP contribution in [-0.2, 0) is 19.6 Å². The van der Waals surface area contributed by atoms with Crippen LogP contribution in [0.25, 0.3) is 0 Å². The molecule has 0 fully saturated rings. The second kappa shape index (κ2) is 8.24. The molecule has 0 aliphatic heterocycles. The van der Waals surface area contributed by atoms with Gasteiger partial charge in [0.15, 0.2) is 0 Å². The number of sulfonamides is 1. The van der Waals surface area contributed by atoms with Crippen LogP contribution >= 0.6 is 11.3 Å². The Balaban J connectivity index is 2.08. The highest BCUT2D eigenvalue weighted by Crippen LogP contribution is 2.18. The Morgan fingerprint density at radius 3 is 2.40 bits per heavy atom. The molecule has 0 aliphatic carbocycles. The summed E-state index contributed by atoms with van der Waals surface area (Å²) < 4.78 is 26.7. The summed E-state index contributed by atoms with van der Waals surface area (Å²) in [5.41, 5.74) is 0.631. The van der Waals surface area contributed by atoms with E-state index in [1.54, 1.807) is 41.8 Å². The van der Waals surface area contributed by atoms with Gasteiger partial charge in [-0.1, -0.05) is 36.4 Å². The number of hydrogen-bond acceptors (Lipinski definition) is 5. The lowest BCUT2D eigenvalue weighted by Gasteiger charge is -2.20. The number of carbonyl (C=O) groups is 2. The molecule has 0 saturated heterocycles. The molecule has 134 valence electrons. The van der Waals surface area contributed by atoms with Gasteiger partial charge < -0.3 is 10.4 Å². The van der Waals surface area contributed by atoms with E-state index in [0.29, 0.717) is 5.56 Å². The van der Waals surface area contributed by atoms with Gasteiger partial charge >= 0.3 is 5.97 Å².